The first-order valence-corrected chi connectivity index (χ1v) is 9.87. The smallest absolute Gasteiger partial charge is 0.253 e. The summed E-state index contributed by atoms with van der Waals surface area (Å²) >= 11 is 0. The Kier molecular flexibility index (Phi) is 4.96. The highest BCUT2D eigenvalue weighted by atomic mass is 16.2. The largest absolute Gasteiger partial charge is 0.372 e. The van der Waals surface area contributed by atoms with Gasteiger partial charge in [0.25, 0.3) is 5.91 Å². The summed E-state index contributed by atoms with van der Waals surface area (Å²) < 4.78 is 0. The number of carbonyl (C=O) groups is 1. The lowest BCUT2D eigenvalue weighted by atomic mass is 9.94. The molecule has 0 saturated carbocycles. The number of benzene rings is 1. The van der Waals surface area contributed by atoms with Crippen molar-refractivity contribution in [2.24, 2.45) is 0 Å². The van der Waals surface area contributed by atoms with Gasteiger partial charge in [-0.25, -0.2) is 0 Å². The molecule has 0 bridgehead atoms. The minimum atomic E-state index is 0.146. The summed E-state index contributed by atoms with van der Waals surface area (Å²) in [5, 5.41) is 7.42. The summed E-state index contributed by atoms with van der Waals surface area (Å²) in [6.45, 7) is 5.88. The van der Waals surface area contributed by atoms with E-state index >= 15 is 0 Å². The van der Waals surface area contributed by atoms with Gasteiger partial charge < -0.3 is 9.80 Å². The van der Waals surface area contributed by atoms with Crippen molar-refractivity contribution in [1.29, 1.82) is 0 Å². The molecule has 1 atom stereocenters. The van der Waals surface area contributed by atoms with E-state index in [1.807, 2.05) is 24.0 Å². The molecule has 0 unspecified atom stereocenters. The van der Waals surface area contributed by atoms with E-state index in [4.69, 9.17) is 0 Å². The number of aromatic amines is 1. The highest BCUT2D eigenvalue weighted by Crippen LogP contribution is 2.27. The Bertz CT molecular complexity index is 746. The van der Waals surface area contributed by atoms with E-state index in [0.29, 0.717) is 5.92 Å². The fourth-order valence-corrected chi connectivity index (χ4v) is 4.20. The highest BCUT2D eigenvalue weighted by Gasteiger charge is 2.27. The molecule has 1 N–H and O–H groups in total. The number of anilines is 1. The summed E-state index contributed by atoms with van der Waals surface area (Å²) in [6, 6.07) is 10.3. The fraction of sp³-hybridized carbons (Fsp3) is 0.524. The molecule has 26 heavy (non-hydrogen) atoms. The monoisotopic (exact) mass is 352 g/mol. The van der Waals surface area contributed by atoms with E-state index < -0.39 is 0 Å². The van der Waals surface area contributed by atoms with E-state index in [0.717, 1.165) is 56.0 Å². The van der Waals surface area contributed by atoms with Crippen molar-refractivity contribution in [2.45, 2.75) is 44.9 Å². The molecule has 2 fully saturated rings. The number of aryl methyl sites for hydroxylation is 1. The van der Waals surface area contributed by atoms with Crippen molar-refractivity contribution in [2.75, 3.05) is 31.1 Å². The molecule has 138 valence electrons. The predicted molar refractivity (Wildman–Crippen MR) is 104 cm³/mol. The first-order valence-electron chi connectivity index (χ1n) is 9.87. The number of nitrogens with zero attached hydrogens (tertiary/aromatic N) is 3. The predicted octanol–water partition coefficient (Wildman–Crippen LogP) is 3.73. The highest BCUT2D eigenvalue weighted by molar-refractivity contribution is 5.94. The van der Waals surface area contributed by atoms with Gasteiger partial charge in [0.2, 0.25) is 0 Å². The van der Waals surface area contributed by atoms with E-state index in [9.17, 15) is 4.79 Å². The zero-order valence-electron chi connectivity index (χ0n) is 15.6. The zero-order chi connectivity index (χ0) is 17.9. The second kappa shape index (κ2) is 7.52. The van der Waals surface area contributed by atoms with Gasteiger partial charge in [-0.15, -0.1) is 0 Å². The summed E-state index contributed by atoms with van der Waals surface area (Å²) in [4.78, 5) is 17.4. The van der Waals surface area contributed by atoms with Crippen LogP contribution >= 0.6 is 0 Å². The van der Waals surface area contributed by atoms with Crippen LogP contribution in [0.1, 0.15) is 59.8 Å². The topological polar surface area (TPSA) is 52.2 Å². The van der Waals surface area contributed by atoms with Gasteiger partial charge in [-0.1, -0.05) is 0 Å². The number of piperidine rings is 2. The van der Waals surface area contributed by atoms with Gasteiger partial charge in [-0.05, 0) is 69.4 Å². The standard InChI is InChI=1S/C21H28N4O/c1-16-14-20(23-22-16)18-6-5-13-25(15-18)21(26)17-7-9-19(10-8-17)24-11-3-2-4-12-24/h7-10,14,18H,2-6,11-13,15H2,1H3,(H,22,23)/t18-/m0/s1. The third kappa shape index (κ3) is 3.62. The number of H-pyrrole nitrogens is 1. The molecule has 2 aromatic rings. The van der Waals surface area contributed by atoms with Gasteiger partial charge in [0.05, 0.1) is 5.69 Å². The van der Waals surface area contributed by atoms with Crippen LogP contribution < -0.4 is 4.90 Å². The van der Waals surface area contributed by atoms with Crippen molar-refractivity contribution < 1.29 is 4.79 Å². The minimum absolute atomic E-state index is 0.146. The second-order valence-electron chi connectivity index (χ2n) is 7.66. The van der Waals surface area contributed by atoms with Gasteiger partial charge in [0.1, 0.15) is 0 Å². The molecule has 3 heterocycles. The number of carbonyl (C=O) groups excluding carboxylic acids is 1. The van der Waals surface area contributed by atoms with Crippen LogP contribution in [-0.2, 0) is 0 Å². The van der Waals surface area contributed by atoms with Crippen LogP contribution in [0, 0.1) is 6.92 Å². The number of amides is 1. The molecule has 2 aliphatic heterocycles. The Morgan fingerprint density at radius 3 is 2.54 bits per heavy atom. The third-order valence-electron chi connectivity index (χ3n) is 5.69. The lowest BCUT2D eigenvalue weighted by Gasteiger charge is -2.32. The minimum Gasteiger partial charge on any atom is -0.372 e. The molecule has 2 saturated heterocycles. The number of hydrogen-bond acceptors (Lipinski definition) is 3. The first kappa shape index (κ1) is 17.1. The Balaban J connectivity index is 1.43. The van der Waals surface area contributed by atoms with Crippen LogP contribution in [0.2, 0.25) is 0 Å². The molecule has 1 aromatic carbocycles. The second-order valence-corrected chi connectivity index (χ2v) is 7.66. The Labute approximate surface area is 155 Å². The van der Waals surface area contributed by atoms with E-state index in [-0.39, 0.29) is 5.91 Å². The van der Waals surface area contributed by atoms with Crippen molar-refractivity contribution in [1.82, 2.24) is 15.1 Å². The molecule has 1 amide bonds. The Morgan fingerprint density at radius 2 is 1.85 bits per heavy atom. The number of likely N-dealkylation sites (tertiary alicyclic amines) is 1. The fourth-order valence-electron chi connectivity index (χ4n) is 4.20. The summed E-state index contributed by atoms with van der Waals surface area (Å²) in [5.74, 6) is 0.484. The number of hydrogen-bond donors (Lipinski definition) is 1. The molecular weight excluding hydrogens is 324 g/mol. The summed E-state index contributed by atoms with van der Waals surface area (Å²) in [6.07, 6.45) is 6.00. The first-order chi connectivity index (χ1) is 12.7. The van der Waals surface area contributed by atoms with Crippen LogP contribution in [0.5, 0.6) is 0 Å². The third-order valence-corrected chi connectivity index (χ3v) is 5.69. The number of aromatic nitrogens is 2. The van der Waals surface area contributed by atoms with Gasteiger partial charge in [0, 0.05) is 49.0 Å². The van der Waals surface area contributed by atoms with Crippen LogP contribution in [-0.4, -0.2) is 47.2 Å². The molecule has 0 radical (unpaired) electrons. The Morgan fingerprint density at radius 1 is 1.08 bits per heavy atom. The van der Waals surface area contributed by atoms with Crippen LogP contribution in [0.25, 0.3) is 0 Å². The van der Waals surface area contributed by atoms with Gasteiger partial charge in [0.15, 0.2) is 0 Å². The summed E-state index contributed by atoms with van der Waals surface area (Å²) in [5.41, 5.74) is 4.20. The number of rotatable bonds is 3. The number of nitrogens with one attached hydrogen (secondary N) is 1. The maximum absolute atomic E-state index is 13.0. The summed E-state index contributed by atoms with van der Waals surface area (Å²) in [7, 11) is 0. The van der Waals surface area contributed by atoms with Crippen molar-refractivity contribution in [3.8, 4) is 0 Å². The average Bonchev–Trinajstić information content (AvgIpc) is 3.15. The van der Waals surface area contributed by atoms with E-state index in [1.165, 1.54) is 24.9 Å². The van der Waals surface area contributed by atoms with Crippen molar-refractivity contribution in [3.63, 3.8) is 0 Å². The van der Waals surface area contributed by atoms with Crippen LogP contribution in [0.3, 0.4) is 0 Å². The average molecular weight is 352 g/mol. The molecule has 2 aliphatic rings. The van der Waals surface area contributed by atoms with Gasteiger partial charge in [-0.2, -0.15) is 5.10 Å². The quantitative estimate of drug-likeness (QED) is 0.916. The molecule has 1 aromatic heterocycles. The molecule has 0 spiro atoms. The van der Waals surface area contributed by atoms with Crippen molar-refractivity contribution >= 4 is 11.6 Å². The van der Waals surface area contributed by atoms with Gasteiger partial charge >= 0.3 is 0 Å². The molecular formula is C21H28N4O. The maximum Gasteiger partial charge on any atom is 0.253 e. The lowest BCUT2D eigenvalue weighted by Crippen LogP contribution is -2.39. The Hall–Kier alpha value is -2.30. The molecule has 0 aliphatic carbocycles. The molecule has 5 nitrogen and oxygen atoms in total. The van der Waals surface area contributed by atoms with Gasteiger partial charge in [-0.3, -0.25) is 9.89 Å². The lowest BCUT2D eigenvalue weighted by molar-refractivity contribution is 0.0706. The maximum atomic E-state index is 13.0. The SMILES string of the molecule is Cc1cc([C@H]2CCCN(C(=O)c3ccc(N4CCCCC4)cc3)C2)n[nH]1. The normalized spacial score (nSPS) is 21.0. The van der Waals surface area contributed by atoms with E-state index in [2.05, 4.69) is 33.3 Å². The zero-order valence-corrected chi connectivity index (χ0v) is 15.6. The van der Waals surface area contributed by atoms with Crippen molar-refractivity contribution in [3.05, 3.63) is 47.3 Å². The van der Waals surface area contributed by atoms with Crippen LogP contribution in [0.4, 0.5) is 5.69 Å². The van der Waals surface area contributed by atoms with Crippen LogP contribution in [0.15, 0.2) is 30.3 Å². The van der Waals surface area contributed by atoms with E-state index in [1.54, 1.807) is 0 Å². The molecule has 4 rings (SSSR count). The molecule has 5 heteroatoms.